The van der Waals surface area contributed by atoms with Crippen LogP contribution in [0.3, 0.4) is 0 Å². The molecule has 2 amide bonds. The van der Waals surface area contributed by atoms with Crippen LogP contribution in [0.5, 0.6) is 0 Å². The molecule has 1 heterocycles. The van der Waals surface area contributed by atoms with E-state index in [1.165, 1.54) is 0 Å². The molecule has 7 heteroatoms. The third-order valence-corrected chi connectivity index (χ3v) is 6.02. The van der Waals surface area contributed by atoms with E-state index in [-0.39, 0.29) is 24.3 Å². The van der Waals surface area contributed by atoms with E-state index in [2.05, 4.69) is 5.32 Å². The van der Waals surface area contributed by atoms with Crippen LogP contribution in [0.1, 0.15) is 47.7 Å². The number of aliphatic imine (C=N–C) groups is 1. The molecular weight excluding hydrogens is 406 g/mol. The fourth-order valence-electron chi connectivity index (χ4n) is 4.19. The molecule has 0 bridgehead atoms. The van der Waals surface area contributed by atoms with Gasteiger partial charge in [0.05, 0.1) is 29.5 Å². The van der Waals surface area contributed by atoms with Crippen LogP contribution in [0.4, 0.5) is 17.1 Å². The van der Waals surface area contributed by atoms with E-state index in [1.54, 1.807) is 36.1 Å². The number of fused-ring (bicyclic) bond motifs is 2. The van der Waals surface area contributed by atoms with E-state index in [1.807, 2.05) is 26.0 Å². The highest BCUT2D eigenvalue weighted by Gasteiger charge is 2.37. The number of nitrogens with one attached hydrogen (secondary N) is 1. The Balaban J connectivity index is 1.55. The van der Waals surface area contributed by atoms with Crippen LogP contribution in [0.25, 0.3) is 0 Å². The molecule has 1 saturated carbocycles. The first-order valence-electron chi connectivity index (χ1n) is 10.9. The van der Waals surface area contributed by atoms with Crippen molar-refractivity contribution < 1.29 is 19.1 Å². The molecule has 2 aromatic rings. The van der Waals surface area contributed by atoms with Crippen molar-refractivity contribution in [3.8, 4) is 0 Å². The molecular formula is C25H27N3O4. The molecule has 1 atom stereocenters. The lowest BCUT2D eigenvalue weighted by Gasteiger charge is -2.25. The molecule has 0 spiro atoms. The van der Waals surface area contributed by atoms with Crippen molar-refractivity contribution in [2.24, 2.45) is 10.9 Å². The number of esters is 1. The minimum absolute atomic E-state index is 0.0731. The van der Waals surface area contributed by atoms with Crippen LogP contribution < -0.4 is 10.2 Å². The van der Waals surface area contributed by atoms with Crippen molar-refractivity contribution >= 4 is 40.6 Å². The highest BCUT2D eigenvalue weighted by Crippen LogP contribution is 2.39. The molecule has 1 N–H and O–H groups in total. The van der Waals surface area contributed by atoms with Crippen LogP contribution >= 0.6 is 0 Å². The van der Waals surface area contributed by atoms with Gasteiger partial charge in [-0.15, -0.1) is 0 Å². The van der Waals surface area contributed by atoms with Gasteiger partial charge in [-0.25, -0.2) is 4.79 Å². The number of carbonyl (C=O) groups excluding carboxylic acids is 3. The number of rotatable bonds is 5. The van der Waals surface area contributed by atoms with Crippen LogP contribution in [-0.2, 0) is 14.3 Å². The van der Waals surface area contributed by atoms with Crippen LogP contribution in [0.15, 0.2) is 41.4 Å². The average Bonchev–Trinajstić information content (AvgIpc) is 3.19. The number of aryl methyl sites for hydroxylation is 2. The Morgan fingerprint density at radius 1 is 1.16 bits per heavy atom. The molecule has 32 heavy (non-hydrogen) atoms. The Morgan fingerprint density at radius 3 is 2.59 bits per heavy atom. The first-order valence-corrected chi connectivity index (χ1v) is 10.9. The van der Waals surface area contributed by atoms with E-state index in [0.29, 0.717) is 23.5 Å². The maximum Gasteiger partial charge on any atom is 0.338 e. The van der Waals surface area contributed by atoms with Gasteiger partial charge in [0.2, 0.25) is 11.8 Å². The molecule has 0 saturated heterocycles. The molecule has 2 aliphatic rings. The van der Waals surface area contributed by atoms with Crippen LogP contribution in [0.2, 0.25) is 0 Å². The number of amides is 2. The van der Waals surface area contributed by atoms with Gasteiger partial charge in [0, 0.05) is 11.4 Å². The normalized spacial score (nSPS) is 17.2. The molecule has 166 valence electrons. The van der Waals surface area contributed by atoms with E-state index in [9.17, 15) is 14.4 Å². The molecule has 1 aliphatic carbocycles. The highest BCUT2D eigenvalue weighted by molar-refractivity contribution is 6.17. The molecule has 1 aliphatic heterocycles. The topological polar surface area (TPSA) is 88.1 Å². The van der Waals surface area contributed by atoms with Gasteiger partial charge in [0.15, 0.2) is 0 Å². The van der Waals surface area contributed by atoms with E-state index < -0.39 is 5.97 Å². The fourth-order valence-corrected chi connectivity index (χ4v) is 4.19. The lowest BCUT2D eigenvalue weighted by Crippen LogP contribution is -2.42. The summed E-state index contributed by atoms with van der Waals surface area (Å²) in [6.45, 7) is 5.95. The van der Waals surface area contributed by atoms with Gasteiger partial charge >= 0.3 is 5.97 Å². The highest BCUT2D eigenvalue weighted by atomic mass is 16.5. The van der Waals surface area contributed by atoms with Gasteiger partial charge in [-0.1, -0.05) is 0 Å². The standard InChI is InChI=1S/C25H27N3O4/c1-4-32-25(31)17-8-10-18(11-9-17)26-23(29)14-28-22-13-16(3)15(2)12-21(22)27-20-7-5-6-19(20)24(28)30/h8-13,19H,4-7,14H2,1-3H3,(H,26,29). The average molecular weight is 434 g/mol. The number of benzene rings is 2. The minimum atomic E-state index is -0.407. The molecule has 0 aromatic heterocycles. The SMILES string of the molecule is CCOC(=O)c1ccc(NC(=O)CN2C(=O)C3CCCC3=Nc3cc(C)c(C)cc32)cc1. The predicted octanol–water partition coefficient (Wildman–Crippen LogP) is 4.34. The molecule has 1 unspecified atom stereocenters. The van der Waals surface area contributed by atoms with Crippen molar-refractivity contribution in [3.63, 3.8) is 0 Å². The summed E-state index contributed by atoms with van der Waals surface area (Å²) < 4.78 is 4.98. The van der Waals surface area contributed by atoms with E-state index >= 15 is 0 Å². The Bertz CT molecular complexity index is 1100. The Labute approximate surface area is 187 Å². The number of carbonyl (C=O) groups is 3. The summed E-state index contributed by atoms with van der Waals surface area (Å²) in [6, 6.07) is 10.4. The monoisotopic (exact) mass is 433 g/mol. The number of hydrogen-bond acceptors (Lipinski definition) is 5. The minimum Gasteiger partial charge on any atom is -0.462 e. The maximum absolute atomic E-state index is 13.4. The summed E-state index contributed by atoms with van der Waals surface area (Å²) >= 11 is 0. The molecule has 4 rings (SSSR count). The summed E-state index contributed by atoms with van der Waals surface area (Å²) in [7, 11) is 0. The number of ether oxygens (including phenoxy) is 1. The van der Waals surface area contributed by atoms with Crippen molar-refractivity contribution in [1.29, 1.82) is 0 Å². The van der Waals surface area contributed by atoms with E-state index in [0.717, 1.165) is 41.8 Å². The summed E-state index contributed by atoms with van der Waals surface area (Å²) in [5.74, 6) is -1.06. The maximum atomic E-state index is 13.4. The van der Waals surface area contributed by atoms with Crippen molar-refractivity contribution in [1.82, 2.24) is 0 Å². The zero-order valence-electron chi connectivity index (χ0n) is 18.6. The summed E-state index contributed by atoms with van der Waals surface area (Å²) in [4.78, 5) is 44.4. The smallest absolute Gasteiger partial charge is 0.338 e. The first-order chi connectivity index (χ1) is 15.4. The lowest BCUT2D eigenvalue weighted by atomic mass is 10.0. The second-order valence-corrected chi connectivity index (χ2v) is 8.24. The lowest BCUT2D eigenvalue weighted by molar-refractivity contribution is -0.122. The zero-order chi connectivity index (χ0) is 22.8. The third kappa shape index (κ3) is 4.28. The van der Waals surface area contributed by atoms with Crippen LogP contribution in [0, 0.1) is 19.8 Å². The van der Waals surface area contributed by atoms with Crippen molar-refractivity contribution in [2.45, 2.75) is 40.0 Å². The van der Waals surface area contributed by atoms with Gasteiger partial charge in [-0.3, -0.25) is 14.6 Å². The van der Waals surface area contributed by atoms with Gasteiger partial charge in [0.1, 0.15) is 6.54 Å². The fraction of sp³-hybridized carbons (Fsp3) is 0.360. The Morgan fingerprint density at radius 2 is 1.88 bits per heavy atom. The van der Waals surface area contributed by atoms with Gasteiger partial charge in [-0.05, 0) is 87.6 Å². The second kappa shape index (κ2) is 8.94. The number of anilines is 2. The Kier molecular flexibility index (Phi) is 6.08. The van der Waals surface area contributed by atoms with Crippen molar-refractivity contribution in [2.75, 3.05) is 23.4 Å². The van der Waals surface area contributed by atoms with Gasteiger partial charge < -0.3 is 15.0 Å². The van der Waals surface area contributed by atoms with E-state index in [4.69, 9.17) is 9.73 Å². The number of nitrogens with zero attached hydrogens (tertiary/aromatic N) is 2. The quantitative estimate of drug-likeness (QED) is 0.711. The third-order valence-electron chi connectivity index (χ3n) is 6.02. The van der Waals surface area contributed by atoms with Gasteiger partial charge in [-0.2, -0.15) is 0 Å². The predicted molar refractivity (Wildman–Crippen MR) is 124 cm³/mol. The molecule has 7 nitrogen and oxygen atoms in total. The first kappa shape index (κ1) is 21.7. The van der Waals surface area contributed by atoms with Gasteiger partial charge in [0.25, 0.3) is 0 Å². The molecule has 1 fully saturated rings. The van der Waals surface area contributed by atoms with Crippen molar-refractivity contribution in [3.05, 3.63) is 53.1 Å². The molecule has 0 radical (unpaired) electrons. The molecule has 2 aromatic carbocycles. The largest absolute Gasteiger partial charge is 0.462 e. The van der Waals surface area contributed by atoms with Crippen LogP contribution in [-0.4, -0.2) is 36.6 Å². The summed E-state index contributed by atoms with van der Waals surface area (Å²) in [5.41, 5.74) is 5.44. The summed E-state index contributed by atoms with van der Waals surface area (Å²) in [6.07, 6.45) is 2.51. The number of hydrogen-bond donors (Lipinski definition) is 1. The summed E-state index contributed by atoms with van der Waals surface area (Å²) in [5, 5.41) is 2.82. The zero-order valence-corrected chi connectivity index (χ0v) is 18.6. The second-order valence-electron chi connectivity index (χ2n) is 8.24. The Hall–Kier alpha value is -3.48.